The zero-order chi connectivity index (χ0) is 42.3. The molecule has 2 aliphatic rings. The quantitative estimate of drug-likeness (QED) is 0.0384. The first-order valence-electron chi connectivity index (χ1n) is 18.4. The minimum atomic E-state index is -4.63. The van der Waals surface area contributed by atoms with Crippen molar-refractivity contribution < 1.29 is 81.1 Å². The maximum atomic E-state index is 12.7. The number of hydrogen-bond donors (Lipinski definition) is 7. The molecule has 6 atom stereocenters. The molecule has 2 aliphatic heterocycles. The van der Waals surface area contributed by atoms with Gasteiger partial charge >= 0.3 is 11.9 Å². The Kier molecular flexibility index (Phi) is 18.1. The Labute approximate surface area is 330 Å². The summed E-state index contributed by atoms with van der Waals surface area (Å²) in [5.41, 5.74) is -0.523. The van der Waals surface area contributed by atoms with Gasteiger partial charge in [0.2, 0.25) is 24.0 Å². The van der Waals surface area contributed by atoms with Gasteiger partial charge in [0, 0.05) is 43.8 Å². The van der Waals surface area contributed by atoms with E-state index in [0.29, 0.717) is 38.8 Å². The number of carbonyl (C=O) groups is 5. The fraction of sp³-hybridized carbons (Fsp3) is 0.639. The third-order valence-corrected chi connectivity index (χ3v) is 9.95. The molecule has 7 N–H and O–H groups in total. The summed E-state index contributed by atoms with van der Waals surface area (Å²) in [4.78, 5) is 62.6. The highest BCUT2D eigenvalue weighted by Gasteiger charge is 2.48. The minimum absolute atomic E-state index is 0.000421. The molecule has 21 heteroatoms. The van der Waals surface area contributed by atoms with Crippen molar-refractivity contribution >= 4 is 39.8 Å². The molecule has 1 aromatic rings. The zero-order valence-corrected chi connectivity index (χ0v) is 32.9. The second kappa shape index (κ2) is 22.0. The molecule has 57 heavy (non-hydrogen) atoms. The van der Waals surface area contributed by atoms with Gasteiger partial charge in [-0.25, -0.2) is 4.79 Å². The summed E-state index contributed by atoms with van der Waals surface area (Å²) in [6, 6.07) is 2.78. The van der Waals surface area contributed by atoms with E-state index in [1.807, 2.05) is 6.92 Å². The van der Waals surface area contributed by atoms with E-state index in [9.17, 15) is 57.4 Å². The average molecular weight is 832 g/mol. The fourth-order valence-corrected chi connectivity index (χ4v) is 6.06. The minimum Gasteiger partial charge on any atom is -0.491 e. The van der Waals surface area contributed by atoms with Crippen LogP contribution >= 0.6 is 0 Å². The molecule has 0 bridgehead atoms. The summed E-state index contributed by atoms with van der Waals surface area (Å²) in [5, 5.41) is 44.9. The molecule has 20 nitrogen and oxygen atoms in total. The third-order valence-electron chi connectivity index (χ3n) is 9.19. The number of nitrogens with one attached hydrogen (secondary N) is 2. The topological polar surface area (TPSA) is 294 Å². The molecule has 320 valence electrons. The Balaban J connectivity index is 1.50. The molecule has 1 saturated heterocycles. The number of aliphatic hydroxyl groups is 3. The number of hydrogen-bond acceptors (Lipinski definition) is 15. The standard InChI is InChI=1S/C36H53N3O17S/c1-4-36(2,3)35(48)54-20-22-11-12-23(19-25(22)55-34-30(44)28(42)29(43)31(56-34)33(46)47)53-18-17-52-16-13-37-32(45)24(21-57(49,50)51)38-26(40)9-6-5-7-14-39-15-8-10-27(39)41/h8,10-12,19,24,28-31,34,42-44H,4-7,9,13-18,20-21H2,1-3H3,(H,37,45)(H,38,40)(H,46,47)(H,49,50,51)/t24-,28-,29-,30+,31-,34+/m0/s1. The Morgan fingerprint density at radius 1 is 1.04 bits per heavy atom. The van der Waals surface area contributed by atoms with E-state index in [1.165, 1.54) is 24.3 Å². The SMILES string of the molecule is CCC(C)(C)C(=O)OCc1ccc(OCCOCCNC(=O)[C@H](CS(=O)(=O)O)NC(=O)CCCCCN2CC=CC2=O)cc1O[C@@H]1O[C@H](C(=O)O)[C@@H](O)[C@H](O)[C@H]1O. The van der Waals surface area contributed by atoms with E-state index in [-0.39, 0.29) is 62.4 Å². The van der Waals surface area contributed by atoms with E-state index in [2.05, 4.69) is 10.6 Å². The number of amides is 3. The first-order valence-corrected chi connectivity index (χ1v) is 20.0. The second-order valence-corrected chi connectivity index (χ2v) is 15.6. The molecule has 0 spiro atoms. The lowest BCUT2D eigenvalue weighted by atomic mass is 9.91. The van der Waals surface area contributed by atoms with Crippen molar-refractivity contribution in [1.29, 1.82) is 0 Å². The summed E-state index contributed by atoms with van der Waals surface area (Å²) >= 11 is 0. The van der Waals surface area contributed by atoms with E-state index in [1.54, 1.807) is 24.8 Å². The lowest BCUT2D eigenvalue weighted by molar-refractivity contribution is -0.271. The van der Waals surface area contributed by atoms with Crippen LogP contribution in [0.3, 0.4) is 0 Å². The maximum Gasteiger partial charge on any atom is 0.335 e. The van der Waals surface area contributed by atoms with Gasteiger partial charge in [-0.3, -0.25) is 23.7 Å². The van der Waals surface area contributed by atoms with Gasteiger partial charge in [-0.05, 0) is 45.2 Å². The van der Waals surface area contributed by atoms with Gasteiger partial charge < -0.3 is 59.6 Å². The summed E-state index contributed by atoms with van der Waals surface area (Å²) in [6.07, 6.45) is -3.95. The molecule has 3 rings (SSSR count). The monoisotopic (exact) mass is 831 g/mol. The predicted molar refractivity (Wildman–Crippen MR) is 197 cm³/mol. The second-order valence-electron chi connectivity index (χ2n) is 14.1. The average Bonchev–Trinajstić information content (AvgIpc) is 3.56. The number of aliphatic carboxylic acids is 1. The number of esters is 1. The molecular formula is C36H53N3O17S. The Hall–Kier alpha value is -4.38. The first-order chi connectivity index (χ1) is 26.8. The largest absolute Gasteiger partial charge is 0.491 e. The first kappa shape index (κ1) is 47.0. The molecule has 0 saturated carbocycles. The van der Waals surface area contributed by atoms with Gasteiger partial charge in [0.1, 0.15) is 54.8 Å². The molecule has 0 unspecified atom stereocenters. The number of carboxylic acids is 1. The zero-order valence-electron chi connectivity index (χ0n) is 32.0. The van der Waals surface area contributed by atoms with E-state index < -0.39 is 81.8 Å². The van der Waals surface area contributed by atoms with Crippen molar-refractivity contribution in [3.63, 3.8) is 0 Å². The van der Waals surface area contributed by atoms with Crippen molar-refractivity contribution in [2.75, 3.05) is 45.2 Å². The highest BCUT2D eigenvalue weighted by Crippen LogP contribution is 2.31. The van der Waals surface area contributed by atoms with Crippen LogP contribution in [-0.4, -0.2) is 150 Å². The lowest BCUT2D eigenvalue weighted by Crippen LogP contribution is -2.61. The Morgan fingerprint density at radius 3 is 2.42 bits per heavy atom. The van der Waals surface area contributed by atoms with Crippen LogP contribution in [0.1, 0.15) is 58.4 Å². The van der Waals surface area contributed by atoms with Crippen LogP contribution in [-0.2, 0) is 54.9 Å². The number of aliphatic hydroxyl groups excluding tert-OH is 3. The van der Waals surface area contributed by atoms with E-state index >= 15 is 0 Å². The summed E-state index contributed by atoms with van der Waals surface area (Å²) in [5.74, 6) is -4.54. The van der Waals surface area contributed by atoms with Crippen LogP contribution in [0.5, 0.6) is 11.5 Å². The highest BCUT2D eigenvalue weighted by molar-refractivity contribution is 7.85. The van der Waals surface area contributed by atoms with Gasteiger partial charge in [0.25, 0.3) is 10.1 Å². The molecule has 0 aliphatic carbocycles. The number of nitrogens with zero attached hydrogens (tertiary/aromatic N) is 1. The smallest absolute Gasteiger partial charge is 0.335 e. The summed E-state index contributed by atoms with van der Waals surface area (Å²) in [7, 11) is -4.63. The molecule has 3 amide bonds. The van der Waals surface area contributed by atoms with Gasteiger partial charge in [-0.2, -0.15) is 8.42 Å². The van der Waals surface area contributed by atoms with Crippen LogP contribution in [0.4, 0.5) is 0 Å². The normalized spacial score (nSPS) is 21.5. The van der Waals surface area contributed by atoms with Crippen molar-refractivity contribution in [2.45, 2.75) is 96.2 Å². The van der Waals surface area contributed by atoms with Crippen molar-refractivity contribution in [2.24, 2.45) is 5.41 Å². The van der Waals surface area contributed by atoms with E-state index in [4.69, 9.17) is 23.7 Å². The van der Waals surface area contributed by atoms with Crippen LogP contribution in [0.15, 0.2) is 30.4 Å². The molecule has 0 radical (unpaired) electrons. The molecule has 0 aromatic heterocycles. The predicted octanol–water partition coefficient (Wildman–Crippen LogP) is -0.720. The van der Waals surface area contributed by atoms with Gasteiger partial charge in [0.05, 0.1) is 18.6 Å². The number of carbonyl (C=O) groups excluding carboxylic acids is 4. The van der Waals surface area contributed by atoms with Crippen molar-refractivity contribution in [3.8, 4) is 11.5 Å². The lowest BCUT2D eigenvalue weighted by Gasteiger charge is -2.38. The summed E-state index contributed by atoms with van der Waals surface area (Å²) < 4.78 is 60.0. The van der Waals surface area contributed by atoms with Crippen LogP contribution in [0.25, 0.3) is 0 Å². The number of benzene rings is 1. The van der Waals surface area contributed by atoms with Crippen LogP contribution in [0, 0.1) is 5.41 Å². The summed E-state index contributed by atoms with van der Waals surface area (Å²) in [6.45, 7) is 5.80. The number of carboxylic acid groups (broad SMARTS) is 1. The Morgan fingerprint density at radius 2 is 1.77 bits per heavy atom. The van der Waals surface area contributed by atoms with E-state index in [0.717, 1.165) is 0 Å². The van der Waals surface area contributed by atoms with Crippen LogP contribution < -0.4 is 20.1 Å². The van der Waals surface area contributed by atoms with Gasteiger partial charge in [-0.15, -0.1) is 0 Å². The Bertz CT molecular complexity index is 1690. The molecular weight excluding hydrogens is 778 g/mol. The number of rotatable bonds is 24. The highest BCUT2D eigenvalue weighted by atomic mass is 32.2. The van der Waals surface area contributed by atoms with Crippen molar-refractivity contribution in [3.05, 3.63) is 35.9 Å². The van der Waals surface area contributed by atoms with Crippen molar-refractivity contribution in [1.82, 2.24) is 15.5 Å². The molecule has 1 fully saturated rings. The maximum absolute atomic E-state index is 12.7. The number of ether oxygens (including phenoxy) is 5. The van der Waals surface area contributed by atoms with Gasteiger partial charge in [-0.1, -0.05) is 19.4 Å². The van der Waals surface area contributed by atoms with Crippen LogP contribution in [0.2, 0.25) is 0 Å². The molecule has 1 aromatic carbocycles. The van der Waals surface area contributed by atoms with Gasteiger partial charge in [0.15, 0.2) is 6.10 Å². The third kappa shape index (κ3) is 15.1. The number of unbranched alkanes of at least 4 members (excludes halogenated alkanes) is 2. The fourth-order valence-electron chi connectivity index (χ4n) is 5.40. The molecule has 2 heterocycles.